The van der Waals surface area contributed by atoms with Crippen LogP contribution in [0.25, 0.3) is 6.08 Å². The number of anilines is 1. The smallest absolute Gasteiger partial charge is 0.243 e. The van der Waals surface area contributed by atoms with E-state index in [-0.39, 0.29) is 11.7 Å². The summed E-state index contributed by atoms with van der Waals surface area (Å²) in [5.74, 6) is 0.672. The maximum absolute atomic E-state index is 12.5. The van der Waals surface area contributed by atoms with Gasteiger partial charge in [-0.3, -0.25) is 4.79 Å². The summed E-state index contributed by atoms with van der Waals surface area (Å²) in [5.41, 5.74) is 0.940. The lowest BCUT2D eigenvalue weighted by atomic mass is 10.2. The van der Waals surface area contributed by atoms with E-state index in [1.165, 1.54) is 10.4 Å². The van der Waals surface area contributed by atoms with Crippen molar-refractivity contribution in [2.45, 2.75) is 6.42 Å². The van der Waals surface area contributed by atoms with Crippen LogP contribution in [0.1, 0.15) is 12.0 Å². The van der Waals surface area contributed by atoms with E-state index < -0.39 is 10.0 Å². The molecule has 1 N–H and O–H groups in total. The molecule has 2 heterocycles. The number of carbonyl (C=O) groups is 1. The standard InChI is InChI=1S/C21H26N4O3S/c26-21(11-10-19-7-2-1-3-8-19)23-13-6-18-29(27,28)25-16-14-24(15-17-25)20-9-4-5-12-22-20/h1-5,7-12H,6,13-18H2,(H,23,26)/b11-10-. The van der Waals surface area contributed by atoms with Crippen LogP contribution in [0.4, 0.5) is 5.82 Å². The maximum atomic E-state index is 12.5. The van der Waals surface area contributed by atoms with Crippen LogP contribution < -0.4 is 10.2 Å². The van der Waals surface area contributed by atoms with Crippen molar-refractivity contribution in [1.82, 2.24) is 14.6 Å². The molecule has 1 aromatic heterocycles. The average molecular weight is 415 g/mol. The number of carbonyl (C=O) groups excluding carboxylic acids is 1. The summed E-state index contributed by atoms with van der Waals surface area (Å²) in [6.07, 6.45) is 5.31. The lowest BCUT2D eigenvalue weighted by Gasteiger charge is -2.34. The molecular formula is C21H26N4O3S. The zero-order chi connectivity index (χ0) is 20.5. The fourth-order valence-corrected chi connectivity index (χ4v) is 4.61. The maximum Gasteiger partial charge on any atom is 0.243 e. The molecule has 7 nitrogen and oxygen atoms in total. The molecule has 1 aliphatic heterocycles. The van der Waals surface area contributed by atoms with Crippen LogP contribution in [0.2, 0.25) is 0 Å². The quantitative estimate of drug-likeness (QED) is 0.526. The molecule has 1 saturated heterocycles. The van der Waals surface area contributed by atoms with Gasteiger partial charge in [0.15, 0.2) is 0 Å². The van der Waals surface area contributed by atoms with Gasteiger partial charge in [-0.25, -0.2) is 13.4 Å². The third-order valence-electron chi connectivity index (χ3n) is 4.71. The third-order valence-corrected chi connectivity index (χ3v) is 6.67. The molecule has 3 rings (SSSR count). The number of aromatic nitrogens is 1. The lowest BCUT2D eigenvalue weighted by Crippen LogP contribution is -2.49. The number of amides is 1. The van der Waals surface area contributed by atoms with Gasteiger partial charge in [-0.2, -0.15) is 4.31 Å². The summed E-state index contributed by atoms with van der Waals surface area (Å²) in [7, 11) is -3.33. The van der Waals surface area contributed by atoms with Crippen LogP contribution >= 0.6 is 0 Å². The van der Waals surface area contributed by atoms with E-state index in [4.69, 9.17) is 0 Å². The molecule has 0 spiro atoms. The Bertz CT molecular complexity index is 909. The van der Waals surface area contributed by atoms with Gasteiger partial charge in [0.25, 0.3) is 0 Å². The molecule has 2 aromatic rings. The normalized spacial score (nSPS) is 15.5. The molecule has 1 aromatic carbocycles. The molecule has 0 saturated carbocycles. The number of pyridine rings is 1. The first-order valence-electron chi connectivity index (χ1n) is 9.69. The zero-order valence-corrected chi connectivity index (χ0v) is 17.1. The highest BCUT2D eigenvalue weighted by molar-refractivity contribution is 7.89. The molecule has 1 amide bonds. The number of hydrogen-bond acceptors (Lipinski definition) is 5. The van der Waals surface area contributed by atoms with Gasteiger partial charge < -0.3 is 10.2 Å². The van der Waals surface area contributed by atoms with Gasteiger partial charge in [-0.1, -0.05) is 36.4 Å². The van der Waals surface area contributed by atoms with Crippen molar-refractivity contribution in [3.63, 3.8) is 0 Å². The lowest BCUT2D eigenvalue weighted by molar-refractivity contribution is -0.116. The van der Waals surface area contributed by atoms with Gasteiger partial charge in [0.05, 0.1) is 5.75 Å². The molecule has 154 valence electrons. The van der Waals surface area contributed by atoms with Gasteiger partial charge in [0, 0.05) is 45.0 Å². The van der Waals surface area contributed by atoms with Crippen LogP contribution in [0.5, 0.6) is 0 Å². The van der Waals surface area contributed by atoms with E-state index in [0.717, 1.165) is 11.4 Å². The first-order valence-corrected chi connectivity index (χ1v) is 11.3. The molecule has 1 fully saturated rings. The summed E-state index contributed by atoms with van der Waals surface area (Å²) in [6.45, 7) is 2.47. The van der Waals surface area contributed by atoms with Crippen LogP contribution in [-0.2, 0) is 14.8 Å². The van der Waals surface area contributed by atoms with Crippen molar-refractivity contribution in [2.75, 3.05) is 43.4 Å². The summed E-state index contributed by atoms with van der Waals surface area (Å²) < 4.78 is 26.6. The van der Waals surface area contributed by atoms with E-state index in [1.54, 1.807) is 12.3 Å². The minimum atomic E-state index is -3.33. The molecule has 29 heavy (non-hydrogen) atoms. The topological polar surface area (TPSA) is 82.6 Å². The van der Waals surface area contributed by atoms with E-state index in [2.05, 4.69) is 15.2 Å². The minimum Gasteiger partial charge on any atom is -0.354 e. The summed E-state index contributed by atoms with van der Waals surface area (Å²) >= 11 is 0. The number of nitrogens with one attached hydrogen (secondary N) is 1. The number of hydrogen-bond donors (Lipinski definition) is 1. The van der Waals surface area contributed by atoms with Gasteiger partial charge in [0.1, 0.15) is 5.82 Å². The van der Waals surface area contributed by atoms with Crippen LogP contribution in [0.15, 0.2) is 60.8 Å². The van der Waals surface area contributed by atoms with Gasteiger partial charge in [-0.15, -0.1) is 0 Å². The van der Waals surface area contributed by atoms with Crippen molar-refractivity contribution >= 4 is 27.8 Å². The Balaban J connectivity index is 1.38. The van der Waals surface area contributed by atoms with E-state index in [9.17, 15) is 13.2 Å². The number of sulfonamides is 1. The van der Waals surface area contributed by atoms with Crippen LogP contribution in [-0.4, -0.2) is 62.1 Å². The number of benzene rings is 1. The third kappa shape index (κ3) is 6.40. The number of piperazine rings is 1. The molecule has 1 aliphatic rings. The van der Waals surface area contributed by atoms with Crippen LogP contribution in [0, 0.1) is 0 Å². The molecule has 0 radical (unpaired) electrons. The van der Waals surface area contributed by atoms with Crippen molar-refractivity contribution < 1.29 is 13.2 Å². The molecule has 8 heteroatoms. The second-order valence-electron chi connectivity index (χ2n) is 6.78. The Morgan fingerprint density at radius 2 is 1.76 bits per heavy atom. The zero-order valence-electron chi connectivity index (χ0n) is 16.3. The Morgan fingerprint density at radius 3 is 2.45 bits per heavy atom. The second-order valence-corrected chi connectivity index (χ2v) is 8.87. The largest absolute Gasteiger partial charge is 0.354 e. The summed E-state index contributed by atoms with van der Waals surface area (Å²) in [6, 6.07) is 15.2. The minimum absolute atomic E-state index is 0.0271. The number of rotatable bonds is 8. The van der Waals surface area contributed by atoms with Gasteiger partial charge >= 0.3 is 0 Å². The van der Waals surface area contributed by atoms with E-state index in [1.807, 2.05) is 48.5 Å². The fourth-order valence-electron chi connectivity index (χ4n) is 3.13. The Kier molecular flexibility index (Phi) is 7.37. The fraction of sp³-hybridized carbons (Fsp3) is 0.333. The molecular weight excluding hydrogens is 388 g/mol. The van der Waals surface area contributed by atoms with Crippen molar-refractivity contribution in [1.29, 1.82) is 0 Å². The number of nitrogens with zero attached hydrogens (tertiary/aromatic N) is 3. The predicted octanol–water partition coefficient (Wildman–Crippen LogP) is 1.75. The monoisotopic (exact) mass is 414 g/mol. The van der Waals surface area contributed by atoms with Crippen LogP contribution in [0.3, 0.4) is 0 Å². The molecule has 0 bridgehead atoms. The first kappa shape index (κ1) is 21.0. The van der Waals surface area contributed by atoms with Gasteiger partial charge in [0.2, 0.25) is 15.9 Å². The summed E-state index contributed by atoms with van der Waals surface area (Å²) in [4.78, 5) is 18.2. The Labute approximate surface area is 172 Å². The average Bonchev–Trinajstić information content (AvgIpc) is 2.77. The second kappa shape index (κ2) is 10.2. The predicted molar refractivity (Wildman–Crippen MR) is 115 cm³/mol. The Morgan fingerprint density at radius 1 is 1.03 bits per heavy atom. The van der Waals surface area contributed by atoms with Crippen molar-refractivity contribution in [2.24, 2.45) is 0 Å². The highest BCUT2D eigenvalue weighted by Gasteiger charge is 2.26. The highest BCUT2D eigenvalue weighted by atomic mass is 32.2. The first-order chi connectivity index (χ1) is 14.0. The van der Waals surface area contributed by atoms with Crippen molar-refractivity contribution in [3.05, 3.63) is 66.4 Å². The SMILES string of the molecule is O=C(/C=C\c1ccccc1)NCCCS(=O)(=O)N1CCN(c2ccccn2)CC1. The Hall–Kier alpha value is -2.71. The highest BCUT2D eigenvalue weighted by Crippen LogP contribution is 2.15. The molecule has 0 unspecified atom stereocenters. The molecule has 0 aliphatic carbocycles. The molecule has 0 atom stereocenters. The van der Waals surface area contributed by atoms with Crippen molar-refractivity contribution in [3.8, 4) is 0 Å². The van der Waals surface area contributed by atoms with E-state index >= 15 is 0 Å². The summed E-state index contributed by atoms with van der Waals surface area (Å²) in [5, 5.41) is 2.73. The van der Waals surface area contributed by atoms with E-state index in [0.29, 0.717) is 39.1 Å². The van der Waals surface area contributed by atoms with Gasteiger partial charge in [-0.05, 0) is 30.2 Å².